The Labute approximate surface area is 108 Å². The van der Waals surface area contributed by atoms with Crippen molar-refractivity contribution in [3.63, 3.8) is 0 Å². The molecule has 0 aliphatic heterocycles. The predicted molar refractivity (Wildman–Crippen MR) is 18.3 cm³/mol. The van der Waals surface area contributed by atoms with Gasteiger partial charge in [-0.15, -0.1) is 0 Å². The molecule has 0 heterocycles. The van der Waals surface area contributed by atoms with Crippen LogP contribution < -0.4 is 10.2 Å². The molecule has 0 radical (unpaired) electrons. The molecule has 5 heteroatoms. The molecule has 0 aliphatic carbocycles. The first-order valence-electron chi connectivity index (χ1n) is 0.612. The van der Waals surface area contributed by atoms with Gasteiger partial charge in [-0.2, -0.15) is 0 Å². The van der Waals surface area contributed by atoms with Gasteiger partial charge in [-0.3, -0.25) is 0 Å². The van der Waals surface area contributed by atoms with Crippen LogP contribution in [0.25, 0.3) is 0 Å². The van der Waals surface area contributed by atoms with E-state index in [0.29, 0.717) is 0 Å². The van der Waals surface area contributed by atoms with Gasteiger partial charge < -0.3 is 15.0 Å². The van der Waals surface area contributed by atoms with E-state index in [2.05, 4.69) is 0 Å². The number of rotatable bonds is 0. The van der Waals surface area contributed by atoms with Crippen LogP contribution in [0.15, 0.2) is 0 Å². The molecule has 0 atom stereocenters. The van der Waals surface area contributed by atoms with Crippen LogP contribution in [0.3, 0.4) is 0 Å². The summed E-state index contributed by atoms with van der Waals surface area (Å²) in [6, 6.07) is 0. The second-order valence-corrected chi connectivity index (χ2v) is 0.250. The Bertz CT molecular complexity index is 33.8. The number of carbonyl (C=O) groups excluding carboxylic acids is 1. The van der Waals surface area contributed by atoms with Crippen LogP contribution in [-0.2, 0) is 0 Å². The molecular weight excluding hydrogens is 139 g/mol. The quantitative estimate of drug-likeness (QED) is 0.328. The van der Waals surface area contributed by atoms with Crippen LogP contribution in [0.2, 0.25) is 0 Å². The van der Waals surface area contributed by atoms with E-state index in [9.17, 15) is 0 Å². The van der Waals surface area contributed by atoms with Gasteiger partial charge in [-0.25, -0.2) is 0 Å². The van der Waals surface area contributed by atoms with E-state index >= 15 is 0 Å². The zero-order valence-electron chi connectivity index (χ0n) is 2.43. The van der Waals surface area contributed by atoms with Gasteiger partial charge in [-0.05, 0) is 6.16 Å². The molecule has 0 spiro atoms. The van der Waals surface area contributed by atoms with Crippen molar-refractivity contribution in [3.8, 4) is 0 Å². The van der Waals surface area contributed by atoms with Crippen molar-refractivity contribution >= 4 is 95.3 Å². The minimum absolute atomic E-state index is 0. The first-order valence-corrected chi connectivity index (χ1v) is 0.612. The Kier molecular flexibility index (Phi) is 26.7. The molecule has 26 valence electrons. The van der Waals surface area contributed by atoms with Crippen LogP contribution in [0.1, 0.15) is 0 Å². The molecule has 0 saturated heterocycles. The Morgan fingerprint density at radius 3 is 1.33 bits per heavy atom. The average Bonchev–Trinajstić information content (AvgIpc) is 0.811. The Morgan fingerprint density at radius 2 is 1.33 bits per heavy atom. The SMILES string of the molecule is O=C([O-])[O-].[Ca+2].[KH]. The summed E-state index contributed by atoms with van der Waals surface area (Å²) in [6.45, 7) is 0. The first kappa shape index (κ1) is 15.7. The summed E-state index contributed by atoms with van der Waals surface area (Å²) < 4.78 is 0. The standard InChI is InChI=1S/CH2O3.Ca.K.H/c2-1(3)4;;;/h(H2,2,3,4);;;/q;+2;;/p-2. The molecule has 0 aromatic rings. The normalized spacial score (nSPS) is 4.00. The first-order chi connectivity index (χ1) is 1.73. The van der Waals surface area contributed by atoms with E-state index in [1.165, 1.54) is 0 Å². The monoisotopic (exact) mass is 140 g/mol. The molecule has 6 heavy (non-hydrogen) atoms. The molecule has 0 N–H and O–H groups in total. The van der Waals surface area contributed by atoms with Gasteiger partial charge in [-0.1, -0.05) is 0 Å². The van der Waals surface area contributed by atoms with E-state index in [-0.39, 0.29) is 89.1 Å². The molecule has 0 saturated carbocycles. The third-order valence-electron chi connectivity index (χ3n) is 0. The van der Waals surface area contributed by atoms with Crippen LogP contribution in [-0.4, -0.2) is 95.3 Å². The van der Waals surface area contributed by atoms with Crippen LogP contribution >= 0.6 is 0 Å². The van der Waals surface area contributed by atoms with Gasteiger partial charge in [0.15, 0.2) is 0 Å². The fraction of sp³-hybridized carbons (Fsp3) is 0. The molecule has 0 aliphatic rings. The average molecular weight is 140 g/mol. The number of hydrogen-bond donors (Lipinski definition) is 0. The fourth-order valence-electron chi connectivity index (χ4n) is 0. The summed E-state index contributed by atoms with van der Waals surface area (Å²) in [7, 11) is 0. The van der Waals surface area contributed by atoms with Crippen LogP contribution in [0.5, 0.6) is 0 Å². The zero-order valence-corrected chi connectivity index (χ0v) is 4.64. The van der Waals surface area contributed by atoms with Crippen molar-refractivity contribution in [2.24, 2.45) is 0 Å². The number of hydrogen-bond acceptors (Lipinski definition) is 3. The Balaban J connectivity index is -0.0000000450. The second-order valence-electron chi connectivity index (χ2n) is 0.250. The predicted octanol–water partition coefficient (Wildman–Crippen LogP) is -3.48. The molecule has 0 rings (SSSR count). The third kappa shape index (κ3) is 35.1. The van der Waals surface area contributed by atoms with Crippen molar-refractivity contribution in [2.45, 2.75) is 0 Å². The van der Waals surface area contributed by atoms with Crippen molar-refractivity contribution < 1.29 is 15.0 Å². The van der Waals surface area contributed by atoms with Gasteiger partial charge in [0.2, 0.25) is 0 Å². The third-order valence-corrected chi connectivity index (χ3v) is 0. The van der Waals surface area contributed by atoms with Gasteiger partial charge in [0.25, 0.3) is 0 Å². The topological polar surface area (TPSA) is 63.2 Å². The summed E-state index contributed by atoms with van der Waals surface area (Å²) in [5, 5.41) is 16.7. The molecule has 0 fully saturated rings. The number of carboxylic acid groups (broad SMARTS) is 2. The summed E-state index contributed by atoms with van der Waals surface area (Å²) >= 11 is 0. The summed E-state index contributed by atoms with van der Waals surface area (Å²) in [6.07, 6.45) is -2.33. The van der Waals surface area contributed by atoms with Crippen LogP contribution in [0.4, 0.5) is 4.79 Å². The molecule has 0 unspecified atom stereocenters. The minimum atomic E-state index is -2.33. The molecule has 3 nitrogen and oxygen atoms in total. The van der Waals surface area contributed by atoms with Crippen molar-refractivity contribution in [2.75, 3.05) is 0 Å². The van der Waals surface area contributed by atoms with Gasteiger partial charge >= 0.3 is 89.1 Å². The molecular formula is CHCaKO3. The molecule has 0 aromatic heterocycles. The molecule has 0 amide bonds. The number of carbonyl (C=O) groups is 1. The van der Waals surface area contributed by atoms with Gasteiger partial charge in [0.1, 0.15) is 0 Å². The summed E-state index contributed by atoms with van der Waals surface area (Å²) in [4.78, 5) is 8.33. The summed E-state index contributed by atoms with van der Waals surface area (Å²) in [5.74, 6) is 0. The van der Waals surface area contributed by atoms with Crippen molar-refractivity contribution in [1.82, 2.24) is 0 Å². The van der Waals surface area contributed by atoms with E-state index < -0.39 is 6.16 Å². The Hall–Kier alpha value is 2.17. The van der Waals surface area contributed by atoms with E-state index in [1.54, 1.807) is 0 Å². The van der Waals surface area contributed by atoms with Crippen molar-refractivity contribution in [1.29, 1.82) is 0 Å². The van der Waals surface area contributed by atoms with E-state index in [4.69, 9.17) is 15.0 Å². The fourth-order valence-corrected chi connectivity index (χ4v) is 0. The van der Waals surface area contributed by atoms with Crippen molar-refractivity contribution in [3.05, 3.63) is 0 Å². The molecule has 0 aromatic carbocycles. The Morgan fingerprint density at radius 1 is 1.33 bits per heavy atom. The van der Waals surface area contributed by atoms with Gasteiger partial charge in [0, 0.05) is 0 Å². The van der Waals surface area contributed by atoms with Gasteiger partial charge in [0.05, 0.1) is 0 Å². The van der Waals surface area contributed by atoms with E-state index in [0.717, 1.165) is 0 Å². The zero-order chi connectivity index (χ0) is 3.58. The summed E-state index contributed by atoms with van der Waals surface area (Å²) in [5.41, 5.74) is 0. The second kappa shape index (κ2) is 10.2. The molecule has 0 bridgehead atoms. The maximum atomic E-state index is 8.33. The van der Waals surface area contributed by atoms with E-state index in [1.807, 2.05) is 0 Å². The maximum absolute atomic E-state index is 8.33. The van der Waals surface area contributed by atoms with Crippen LogP contribution in [0, 0.1) is 0 Å².